The number of fused-ring (bicyclic) bond motifs is 1. The molecule has 0 fully saturated rings. The van der Waals surface area contributed by atoms with Gasteiger partial charge in [0.25, 0.3) is 5.91 Å². The lowest BCUT2D eigenvalue weighted by Crippen LogP contribution is -2.18. The van der Waals surface area contributed by atoms with Crippen molar-refractivity contribution in [3.8, 4) is 0 Å². The fraction of sp³-hybridized carbons (Fsp3) is 0.125. The van der Waals surface area contributed by atoms with E-state index in [2.05, 4.69) is 33.1 Å². The molecule has 2 aromatic rings. The number of aliphatic imine (C=N–C) groups is 1. The molecule has 0 aliphatic carbocycles. The molecule has 0 N–H and O–H groups in total. The van der Waals surface area contributed by atoms with Crippen LogP contribution in [-0.4, -0.2) is 11.6 Å². The number of hydrogen-bond acceptors (Lipinski definition) is 1. The molecule has 3 rings (SSSR count). The molecule has 0 spiro atoms. The average Bonchev–Trinajstić information content (AvgIpc) is 2.42. The molecule has 0 saturated heterocycles. The molecule has 2 nitrogen and oxygen atoms in total. The van der Waals surface area contributed by atoms with Gasteiger partial charge in [0.2, 0.25) is 0 Å². The second-order valence-corrected chi connectivity index (χ2v) is 5.54. The molecular weight excluding hydrogens is 302 g/mol. The summed E-state index contributed by atoms with van der Waals surface area (Å²) in [5.41, 5.74) is 3.93. The van der Waals surface area contributed by atoms with Gasteiger partial charge in [-0.1, -0.05) is 46.3 Å². The summed E-state index contributed by atoms with van der Waals surface area (Å²) in [6.45, 7) is 0. The predicted molar refractivity (Wildman–Crippen MR) is 79.8 cm³/mol. The van der Waals surface area contributed by atoms with Crippen LogP contribution in [0.25, 0.3) is 0 Å². The highest BCUT2D eigenvalue weighted by Crippen LogP contribution is 2.19. The minimum Gasteiger partial charge on any atom is -0.267 e. The van der Waals surface area contributed by atoms with Gasteiger partial charge in [-0.05, 0) is 29.3 Å². The van der Waals surface area contributed by atoms with Crippen LogP contribution in [0.3, 0.4) is 0 Å². The summed E-state index contributed by atoms with van der Waals surface area (Å²) in [5.74, 6) is -0.117. The van der Waals surface area contributed by atoms with Gasteiger partial charge in [-0.15, -0.1) is 0 Å². The quantitative estimate of drug-likeness (QED) is 0.828. The number of halogens is 1. The zero-order valence-electron chi connectivity index (χ0n) is 10.3. The summed E-state index contributed by atoms with van der Waals surface area (Å²) in [6, 6.07) is 15.8. The second kappa shape index (κ2) is 5.10. The molecule has 0 bridgehead atoms. The minimum absolute atomic E-state index is 0.117. The van der Waals surface area contributed by atoms with Gasteiger partial charge in [-0.25, -0.2) is 4.99 Å². The molecule has 1 aliphatic heterocycles. The van der Waals surface area contributed by atoms with E-state index < -0.39 is 0 Å². The van der Waals surface area contributed by atoms with Crippen molar-refractivity contribution in [3.05, 3.63) is 69.7 Å². The van der Waals surface area contributed by atoms with Crippen LogP contribution in [-0.2, 0) is 12.8 Å². The van der Waals surface area contributed by atoms with Crippen LogP contribution in [0.1, 0.15) is 21.5 Å². The zero-order valence-corrected chi connectivity index (χ0v) is 11.9. The fourth-order valence-electron chi connectivity index (χ4n) is 2.29. The molecule has 19 heavy (non-hydrogen) atoms. The van der Waals surface area contributed by atoms with Gasteiger partial charge in [-0.3, -0.25) is 4.79 Å². The lowest BCUT2D eigenvalue weighted by Gasteiger charge is -2.14. The van der Waals surface area contributed by atoms with Gasteiger partial charge in [-0.2, -0.15) is 0 Å². The third-order valence-electron chi connectivity index (χ3n) is 3.22. The summed E-state index contributed by atoms with van der Waals surface area (Å²) >= 11 is 3.42. The van der Waals surface area contributed by atoms with Crippen LogP contribution in [0.4, 0.5) is 0 Å². The maximum atomic E-state index is 11.9. The molecule has 2 aromatic carbocycles. The molecule has 1 amide bonds. The van der Waals surface area contributed by atoms with Crippen molar-refractivity contribution in [2.24, 2.45) is 4.99 Å². The predicted octanol–water partition coefficient (Wildman–Crippen LogP) is 3.83. The highest BCUT2D eigenvalue weighted by atomic mass is 79.9. The Kier molecular flexibility index (Phi) is 3.30. The third kappa shape index (κ3) is 2.66. The van der Waals surface area contributed by atoms with E-state index in [0.29, 0.717) is 0 Å². The van der Waals surface area contributed by atoms with Crippen molar-refractivity contribution >= 4 is 27.5 Å². The summed E-state index contributed by atoms with van der Waals surface area (Å²) in [6.07, 6.45) is 1.49. The summed E-state index contributed by atoms with van der Waals surface area (Å²) in [7, 11) is 0. The minimum atomic E-state index is -0.117. The molecule has 3 heteroatoms. The van der Waals surface area contributed by atoms with E-state index in [0.717, 1.165) is 34.2 Å². The van der Waals surface area contributed by atoms with Gasteiger partial charge in [0.1, 0.15) is 0 Å². The summed E-state index contributed by atoms with van der Waals surface area (Å²) in [5, 5.41) is 0. The Bertz CT molecular complexity index is 659. The van der Waals surface area contributed by atoms with E-state index in [1.165, 1.54) is 5.56 Å². The van der Waals surface area contributed by atoms with Crippen LogP contribution in [0.5, 0.6) is 0 Å². The Balaban J connectivity index is 1.84. The topological polar surface area (TPSA) is 29.4 Å². The highest BCUT2D eigenvalue weighted by molar-refractivity contribution is 9.10. The molecule has 0 unspecified atom stereocenters. The Morgan fingerprint density at radius 2 is 1.79 bits per heavy atom. The lowest BCUT2D eigenvalue weighted by molar-refractivity contribution is 0.1000. The van der Waals surface area contributed by atoms with Gasteiger partial charge in [0.05, 0.1) is 0 Å². The normalized spacial score (nSPS) is 13.9. The first-order valence-corrected chi connectivity index (χ1v) is 6.95. The number of carbonyl (C=O) groups excluding carboxylic acids is 1. The molecule has 0 radical (unpaired) electrons. The van der Waals surface area contributed by atoms with E-state index in [1.54, 1.807) is 0 Å². The number of hydrogen-bond donors (Lipinski definition) is 0. The van der Waals surface area contributed by atoms with E-state index in [1.807, 2.05) is 36.4 Å². The van der Waals surface area contributed by atoms with Crippen molar-refractivity contribution < 1.29 is 4.79 Å². The Labute approximate surface area is 120 Å². The number of carbonyl (C=O) groups is 1. The molecule has 0 saturated carbocycles. The molecule has 1 aliphatic rings. The number of nitrogens with zero attached hydrogens (tertiary/aromatic N) is 1. The third-order valence-corrected chi connectivity index (χ3v) is 3.75. The average molecular weight is 314 g/mol. The summed E-state index contributed by atoms with van der Waals surface area (Å²) in [4.78, 5) is 16.2. The van der Waals surface area contributed by atoms with Crippen molar-refractivity contribution in [2.45, 2.75) is 12.8 Å². The van der Waals surface area contributed by atoms with Gasteiger partial charge in [0.15, 0.2) is 0 Å². The number of benzene rings is 2. The molecular formula is C16H12BrNO. The second-order valence-electron chi connectivity index (χ2n) is 4.62. The first kappa shape index (κ1) is 12.3. The van der Waals surface area contributed by atoms with Crippen molar-refractivity contribution in [1.29, 1.82) is 0 Å². The maximum Gasteiger partial charge on any atom is 0.277 e. The zero-order chi connectivity index (χ0) is 13.2. The first-order chi connectivity index (χ1) is 9.22. The van der Waals surface area contributed by atoms with Crippen molar-refractivity contribution in [2.75, 3.05) is 0 Å². The maximum absolute atomic E-state index is 11.9. The van der Waals surface area contributed by atoms with Gasteiger partial charge in [0, 0.05) is 28.6 Å². The van der Waals surface area contributed by atoms with Crippen LogP contribution < -0.4 is 0 Å². The van der Waals surface area contributed by atoms with Crippen LogP contribution in [0.2, 0.25) is 0 Å². The molecule has 1 heterocycles. The van der Waals surface area contributed by atoms with E-state index in [9.17, 15) is 4.79 Å². The summed E-state index contributed by atoms with van der Waals surface area (Å²) < 4.78 is 1.06. The monoisotopic (exact) mass is 313 g/mol. The van der Waals surface area contributed by atoms with Crippen LogP contribution in [0.15, 0.2) is 58.0 Å². The molecule has 0 aromatic heterocycles. The fourth-order valence-corrected chi connectivity index (χ4v) is 2.55. The van der Waals surface area contributed by atoms with Crippen molar-refractivity contribution in [3.63, 3.8) is 0 Å². The van der Waals surface area contributed by atoms with Crippen LogP contribution in [0, 0.1) is 0 Å². The lowest BCUT2D eigenvalue weighted by atomic mass is 9.95. The molecule has 0 atom stereocenters. The Hall–Kier alpha value is -1.74. The first-order valence-electron chi connectivity index (χ1n) is 6.15. The van der Waals surface area contributed by atoms with E-state index in [-0.39, 0.29) is 5.91 Å². The van der Waals surface area contributed by atoms with Crippen LogP contribution >= 0.6 is 15.9 Å². The largest absolute Gasteiger partial charge is 0.277 e. The Morgan fingerprint density at radius 3 is 2.58 bits per heavy atom. The number of rotatable bonds is 2. The smallest absolute Gasteiger partial charge is 0.267 e. The van der Waals surface area contributed by atoms with Crippen molar-refractivity contribution in [1.82, 2.24) is 0 Å². The van der Waals surface area contributed by atoms with Gasteiger partial charge < -0.3 is 0 Å². The Morgan fingerprint density at radius 1 is 1.05 bits per heavy atom. The van der Waals surface area contributed by atoms with Gasteiger partial charge >= 0.3 is 0 Å². The number of amides is 1. The highest BCUT2D eigenvalue weighted by Gasteiger charge is 2.18. The van der Waals surface area contributed by atoms with E-state index >= 15 is 0 Å². The van der Waals surface area contributed by atoms with E-state index in [4.69, 9.17) is 0 Å². The SMILES string of the molecule is O=C1N=C(Cc2ccc(Br)cc2)Cc2ccccc21. The standard InChI is InChI=1S/C16H12BrNO/c17-13-7-5-11(6-8-13)9-14-10-12-3-1-2-4-15(12)16(19)18-14/h1-8H,9-10H2. The molecule has 94 valence electrons.